The van der Waals surface area contributed by atoms with Crippen LogP contribution in [0.5, 0.6) is 0 Å². The topological polar surface area (TPSA) is 111 Å². The number of rotatable bonds is 57. The van der Waals surface area contributed by atoms with Crippen molar-refractivity contribution >= 4 is 17.9 Å². The molecule has 0 heterocycles. The Bertz CT molecular complexity index is 1580. The number of hydrogen-bond acceptors (Lipinski definition) is 8. The van der Waals surface area contributed by atoms with Crippen molar-refractivity contribution < 1.29 is 42.9 Å². The molecular weight excluding hydrogens is 959 g/mol. The van der Waals surface area contributed by atoms with E-state index < -0.39 is 24.3 Å². The van der Waals surface area contributed by atoms with Crippen LogP contribution >= 0.6 is 0 Å². The lowest BCUT2D eigenvalue weighted by Crippen LogP contribution is -2.44. The summed E-state index contributed by atoms with van der Waals surface area (Å²) in [6, 6.07) is 0. The molecule has 0 aromatic rings. The number of quaternary nitrogens is 1. The second-order valence-electron chi connectivity index (χ2n) is 22.0. The summed E-state index contributed by atoms with van der Waals surface area (Å²) in [5, 5.41) is 11.8. The Kier molecular flexibility index (Phi) is 55.5. The van der Waals surface area contributed by atoms with Crippen LogP contribution in [0, 0.1) is 0 Å². The zero-order chi connectivity index (χ0) is 56.2. The maximum atomic E-state index is 12.8. The number of carbonyl (C=O) groups is 3. The fourth-order valence-corrected chi connectivity index (χ4v) is 8.56. The molecule has 0 saturated heterocycles. The van der Waals surface area contributed by atoms with Crippen LogP contribution in [0.15, 0.2) is 97.2 Å². The van der Waals surface area contributed by atoms with Crippen LogP contribution in [-0.4, -0.2) is 82.3 Å². The first kappa shape index (κ1) is 73.2. The molecule has 2 atom stereocenters. The summed E-state index contributed by atoms with van der Waals surface area (Å²) in [5.74, 6) is -2.45. The molecule has 0 aliphatic heterocycles. The van der Waals surface area contributed by atoms with Crippen molar-refractivity contribution in [3.05, 3.63) is 97.2 Å². The Morgan fingerprint density at radius 1 is 0.416 bits per heavy atom. The van der Waals surface area contributed by atoms with Crippen molar-refractivity contribution in [3.8, 4) is 0 Å². The van der Waals surface area contributed by atoms with Gasteiger partial charge in [-0.3, -0.25) is 9.59 Å². The molecular formula is C68H117NO8. The second kappa shape index (κ2) is 58.4. The third-order valence-electron chi connectivity index (χ3n) is 13.3. The molecule has 0 rings (SSSR count). The van der Waals surface area contributed by atoms with Gasteiger partial charge in [0.25, 0.3) is 0 Å². The largest absolute Gasteiger partial charge is 0.545 e. The molecule has 0 N–H and O–H groups in total. The smallest absolute Gasteiger partial charge is 0.310 e. The van der Waals surface area contributed by atoms with Gasteiger partial charge in [0.05, 0.1) is 46.7 Å². The van der Waals surface area contributed by atoms with E-state index in [0.29, 0.717) is 17.4 Å². The first-order chi connectivity index (χ1) is 37.6. The number of carboxylic acid groups (broad SMARTS) is 1. The van der Waals surface area contributed by atoms with E-state index in [0.717, 1.165) is 57.8 Å². The fraction of sp³-hybridized carbons (Fsp3) is 0.721. The molecule has 0 aromatic heterocycles. The molecule has 442 valence electrons. The van der Waals surface area contributed by atoms with Gasteiger partial charge in [-0.2, -0.15) is 0 Å². The van der Waals surface area contributed by atoms with Gasteiger partial charge < -0.3 is 33.3 Å². The zero-order valence-electron chi connectivity index (χ0n) is 50.3. The lowest BCUT2D eigenvalue weighted by molar-refractivity contribution is -0.870. The predicted molar refractivity (Wildman–Crippen MR) is 324 cm³/mol. The van der Waals surface area contributed by atoms with Gasteiger partial charge >= 0.3 is 11.9 Å². The molecule has 77 heavy (non-hydrogen) atoms. The number of carbonyl (C=O) groups excluding carboxylic acids is 3. The number of esters is 2. The lowest BCUT2D eigenvalue weighted by atomic mass is 10.0. The average Bonchev–Trinajstić information content (AvgIpc) is 3.40. The highest BCUT2D eigenvalue weighted by atomic mass is 16.7. The highest BCUT2D eigenvalue weighted by Gasteiger charge is 2.21. The zero-order valence-corrected chi connectivity index (χ0v) is 50.3. The van der Waals surface area contributed by atoms with Gasteiger partial charge in [0.15, 0.2) is 12.4 Å². The number of aliphatic carboxylic acids is 1. The van der Waals surface area contributed by atoms with E-state index in [1.54, 1.807) is 6.08 Å². The number of carboxylic acids is 1. The number of nitrogens with zero attached hydrogens (tertiary/aromatic N) is 1. The van der Waals surface area contributed by atoms with E-state index in [4.69, 9.17) is 18.9 Å². The minimum atomic E-state index is -1.65. The minimum Gasteiger partial charge on any atom is -0.545 e. The Labute approximate surface area is 473 Å². The van der Waals surface area contributed by atoms with Crippen molar-refractivity contribution in [2.75, 3.05) is 47.5 Å². The van der Waals surface area contributed by atoms with Crippen LogP contribution in [0.1, 0.15) is 258 Å². The van der Waals surface area contributed by atoms with Crippen molar-refractivity contribution in [3.63, 3.8) is 0 Å². The highest BCUT2D eigenvalue weighted by Crippen LogP contribution is 2.17. The Morgan fingerprint density at radius 2 is 0.779 bits per heavy atom. The molecule has 0 saturated carbocycles. The maximum Gasteiger partial charge on any atom is 0.310 e. The highest BCUT2D eigenvalue weighted by molar-refractivity contribution is 5.71. The van der Waals surface area contributed by atoms with Gasteiger partial charge in [0.2, 0.25) is 0 Å². The van der Waals surface area contributed by atoms with E-state index in [2.05, 4.69) is 92.8 Å². The van der Waals surface area contributed by atoms with Crippen molar-refractivity contribution in [1.82, 2.24) is 0 Å². The molecule has 9 nitrogen and oxygen atoms in total. The van der Waals surface area contributed by atoms with Crippen molar-refractivity contribution in [2.24, 2.45) is 0 Å². The molecule has 2 unspecified atom stereocenters. The van der Waals surface area contributed by atoms with Crippen LogP contribution in [0.3, 0.4) is 0 Å². The van der Waals surface area contributed by atoms with E-state index >= 15 is 0 Å². The summed E-state index contributed by atoms with van der Waals surface area (Å²) in [7, 11) is 5.89. The van der Waals surface area contributed by atoms with Crippen LogP contribution in [0.25, 0.3) is 0 Å². The van der Waals surface area contributed by atoms with Gasteiger partial charge in [-0.1, -0.05) is 265 Å². The molecule has 0 aliphatic rings. The van der Waals surface area contributed by atoms with Crippen molar-refractivity contribution in [1.29, 1.82) is 0 Å². The molecule has 0 aliphatic carbocycles. The van der Waals surface area contributed by atoms with Gasteiger partial charge in [0.1, 0.15) is 13.2 Å². The van der Waals surface area contributed by atoms with Crippen LogP contribution in [-0.2, 0) is 33.3 Å². The lowest BCUT2D eigenvalue weighted by Gasteiger charge is -2.26. The third kappa shape index (κ3) is 59.7. The summed E-state index contributed by atoms with van der Waals surface area (Å²) in [4.78, 5) is 37.2. The second-order valence-corrected chi connectivity index (χ2v) is 22.0. The summed E-state index contributed by atoms with van der Waals surface area (Å²) in [6.45, 7) is 4.51. The Balaban J connectivity index is 4.05. The summed E-state index contributed by atoms with van der Waals surface area (Å²) in [5.41, 5.74) is 0. The number of hydrogen-bond donors (Lipinski definition) is 0. The van der Waals surface area contributed by atoms with Crippen LogP contribution in [0.2, 0.25) is 0 Å². The normalized spacial score (nSPS) is 13.4. The minimum absolute atomic E-state index is 0.0131. The number of unbranched alkanes of at least 4 members (excludes halogenated alkanes) is 27. The SMILES string of the molecule is CC/C=C\C/C=C\C/C=C\C/C=C\C/C=C\CC(=O)OC(COC(=O)CCCCCCCCCCCCCCCCCCCCCCCC/C=C\C/C=C\C/C=C\CCCCCCC)COC(OCC[N+](C)(C)C)C(=O)[O-]. The molecule has 0 radical (unpaired) electrons. The number of likely N-dealkylation sites (N-methyl/N-ethyl adjacent to an activating group) is 1. The maximum absolute atomic E-state index is 12.8. The molecule has 0 aromatic carbocycles. The first-order valence-electron chi connectivity index (χ1n) is 31.4. The van der Waals surface area contributed by atoms with Gasteiger partial charge in [0, 0.05) is 6.42 Å². The number of ether oxygens (including phenoxy) is 4. The predicted octanol–water partition coefficient (Wildman–Crippen LogP) is 17.6. The molecule has 0 amide bonds. The van der Waals surface area contributed by atoms with Crippen LogP contribution < -0.4 is 5.11 Å². The van der Waals surface area contributed by atoms with E-state index in [1.165, 1.54) is 167 Å². The van der Waals surface area contributed by atoms with Gasteiger partial charge in [-0.05, 0) is 77.0 Å². The van der Waals surface area contributed by atoms with Gasteiger partial charge in [-0.15, -0.1) is 0 Å². The third-order valence-corrected chi connectivity index (χ3v) is 13.3. The average molecular weight is 1080 g/mol. The first-order valence-corrected chi connectivity index (χ1v) is 31.4. The molecule has 9 heteroatoms. The van der Waals surface area contributed by atoms with Crippen LogP contribution in [0.4, 0.5) is 0 Å². The summed E-state index contributed by atoms with van der Waals surface area (Å²) in [6.07, 6.45) is 76.8. The van der Waals surface area contributed by atoms with Crippen molar-refractivity contribution in [2.45, 2.75) is 270 Å². The molecule has 0 spiro atoms. The summed E-state index contributed by atoms with van der Waals surface area (Å²) < 4.78 is 22.5. The van der Waals surface area contributed by atoms with Gasteiger partial charge in [-0.25, -0.2) is 0 Å². The molecule has 0 fully saturated rings. The fourth-order valence-electron chi connectivity index (χ4n) is 8.56. The molecule has 0 bridgehead atoms. The van der Waals surface area contributed by atoms with E-state index in [9.17, 15) is 19.5 Å². The monoisotopic (exact) mass is 1080 g/mol. The summed E-state index contributed by atoms with van der Waals surface area (Å²) >= 11 is 0. The standard InChI is InChI=1S/C68H117NO8/c1-6-8-10-12-14-16-18-20-22-23-24-25-26-27-28-29-30-31-32-33-34-35-36-37-38-39-40-41-42-43-45-46-48-50-52-54-56-58-65(70)75-62-64(63-76-68(67(72)73)74-61-60-69(3,4)5)77-66(71)59-57-55-53-51-49-47-44-21-19-17-15-13-11-9-7-2/h9,11,15,17-18,20-21,23-24,26-27,44,49,51,55,57,64,68H,6-8,10,12-14,16,19,22,25,28-43,45-48,50,52-54,56,58-63H2,1-5H3/b11-9-,17-15-,20-18-,24-23-,27-26-,44-21-,51-49-,57-55-. The Morgan fingerprint density at radius 3 is 1.17 bits per heavy atom. The number of allylic oxidation sites excluding steroid dienone is 15. The van der Waals surface area contributed by atoms with E-state index in [-0.39, 0.29) is 38.6 Å². The van der Waals surface area contributed by atoms with E-state index in [1.807, 2.05) is 33.3 Å². The Hall–Kier alpha value is -3.79. The quantitative estimate of drug-likeness (QED) is 0.0195.